The van der Waals surface area contributed by atoms with Gasteiger partial charge in [-0.3, -0.25) is 4.79 Å². The Balaban J connectivity index is 2.49. The van der Waals surface area contributed by atoms with E-state index in [1.54, 1.807) is 17.4 Å². The molecule has 2 aromatic rings. The van der Waals surface area contributed by atoms with Crippen LogP contribution in [-0.4, -0.2) is 18.9 Å². The zero-order valence-corrected chi connectivity index (χ0v) is 9.97. The minimum atomic E-state index is -0.276. The van der Waals surface area contributed by atoms with E-state index in [0.29, 0.717) is 11.5 Å². The van der Waals surface area contributed by atoms with E-state index in [4.69, 9.17) is 7.98 Å². The van der Waals surface area contributed by atoms with Crippen LogP contribution < -0.4 is 5.23 Å². The molecule has 0 atom stereocenters. The number of nitrogens with zero attached hydrogens (tertiary/aromatic N) is 1. The van der Waals surface area contributed by atoms with Gasteiger partial charge in [0.1, 0.15) is 0 Å². The Morgan fingerprint density at radius 3 is 2.88 bits per heavy atom. The van der Waals surface area contributed by atoms with Crippen molar-refractivity contribution in [2.24, 2.45) is 0 Å². The van der Waals surface area contributed by atoms with Gasteiger partial charge in [0.25, 0.3) is 0 Å². The second-order valence-corrected chi connectivity index (χ2v) is 4.92. The van der Waals surface area contributed by atoms with E-state index in [1.165, 1.54) is 0 Å². The summed E-state index contributed by atoms with van der Waals surface area (Å²) in [4.78, 5) is 15.8. The standard InChI is InChI=1S/C11H11BN2OS/c1-6(2)11-13-8-4-3-7(10(15)14-12)5-9(8)16-11/h3-6H,1-2H3,(H,14,15). The fraction of sp³-hybridized carbons (Fsp3) is 0.273. The van der Waals surface area contributed by atoms with Gasteiger partial charge in [-0.2, -0.15) is 0 Å². The number of benzene rings is 1. The lowest BCUT2D eigenvalue weighted by Gasteiger charge is -1.98. The Kier molecular flexibility index (Phi) is 2.96. The van der Waals surface area contributed by atoms with Crippen molar-refractivity contribution >= 4 is 35.4 Å². The van der Waals surface area contributed by atoms with Crippen molar-refractivity contribution in [3.8, 4) is 0 Å². The van der Waals surface area contributed by atoms with Gasteiger partial charge < -0.3 is 5.23 Å². The van der Waals surface area contributed by atoms with Crippen molar-refractivity contribution in [1.29, 1.82) is 0 Å². The number of carbonyl (C=O) groups excluding carboxylic acids is 1. The average Bonchev–Trinajstić information content (AvgIpc) is 2.70. The second-order valence-electron chi connectivity index (χ2n) is 3.86. The number of nitrogens with one attached hydrogen (secondary N) is 1. The first kappa shape index (κ1) is 11.1. The van der Waals surface area contributed by atoms with Crippen molar-refractivity contribution in [3.63, 3.8) is 0 Å². The highest BCUT2D eigenvalue weighted by molar-refractivity contribution is 7.18. The molecular weight excluding hydrogens is 219 g/mol. The number of hydrogen-bond donors (Lipinski definition) is 1. The summed E-state index contributed by atoms with van der Waals surface area (Å²) in [5, 5.41) is 3.20. The molecule has 1 N–H and O–H groups in total. The molecule has 1 amide bonds. The van der Waals surface area contributed by atoms with Crippen LogP contribution in [0.5, 0.6) is 0 Å². The van der Waals surface area contributed by atoms with Gasteiger partial charge in [-0.1, -0.05) is 13.8 Å². The molecule has 2 rings (SSSR count). The minimum absolute atomic E-state index is 0.276. The molecule has 2 radical (unpaired) electrons. The molecule has 0 spiro atoms. The lowest BCUT2D eigenvalue weighted by Crippen LogP contribution is -2.19. The van der Waals surface area contributed by atoms with Gasteiger partial charge in [0.2, 0.25) is 13.9 Å². The molecule has 0 saturated carbocycles. The lowest BCUT2D eigenvalue weighted by atomic mass is 10.2. The SMILES string of the molecule is [B]NC(=O)c1ccc2nc(C(C)C)sc2c1. The molecule has 0 unspecified atom stereocenters. The summed E-state index contributed by atoms with van der Waals surface area (Å²) in [5.74, 6) is 0.130. The third-order valence-electron chi connectivity index (χ3n) is 2.29. The maximum Gasteiger partial charge on any atom is 0.238 e. The third kappa shape index (κ3) is 1.95. The maximum atomic E-state index is 11.3. The molecule has 0 aliphatic carbocycles. The van der Waals surface area contributed by atoms with Crippen molar-refractivity contribution in [1.82, 2.24) is 10.2 Å². The highest BCUT2D eigenvalue weighted by atomic mass is 32.1. The van der Waals surface area contributed by atoms with Crippen molar-refractivity contribution in [2.45, 2.75) is 19.8 Å². The zero-order chi connectivity index (χ0) is 11.7. The van der Waals surface area contributed by atoms with Crippen molar-refractivity contribution < 1.29 is 4.79 Å². The molecule has 1 heterocycles. The molecular formula is C11H11BN2OS. The molecule has 1 aromatic carbocycles. The van der Waals surface area contributed by atoms with Crippen LogP contribution >= 0.6 is 11.3 Å². The van der Waals surface area contributed by atoms with E-state index in [9.17, 15) is 4.79 Å². The third-order valence-corrected chi connectivity index (χ3v) is 3.61. The summed E-state index contributed by atoms with van der Waals surface area (Å²) in [5.41, 5.74) is 1.50. The second kappa shape index (κ2) is 4.25. The van der Waals surface area contributed by atoms with E-state index in [1.807, 2.05) is 12.1 Å². The monoisotopic (exact) mass is 230 g/mol. The van der Waals surface area contributed by atoms with Crippen LogP contribution in [0.25, 0.3) is 10.2 Å². The number of fused-ring (bicyclic) bond motifs is 1. The number of aromatic nitrogens is 1. The summed E-state index contributed by atoms with van der Waals surface area (Å²) in [6.45, 7) is 4.20. The summed E-state index contributed by atoms with van der Waals surface area (Å²) >= 11 is 1.62. The number of hydrogen-bond acceptors (Lipinski definition) is 3. The molecule has 16 heavy (non-hydrogen) atoms. The van der Waals surface area contributed by atoms with Crippen LogP contribution in [0.15, 0.2) is 18.2 Å². The topological polar surface area (TPSA) is 42.0 Å². The summed E-state index contributed by atoms with van der Waals surface area (Å²) < 4.78 is 1.02. The minimum Gasteiger partial charge on any atom is -0.405 e. The van der Waals surface area contributed by atoms with E-state index in [0.717, 1.165) is 15.2 Å². The van der Waals surface area contributed by atoms with Crippen LogP contribution in [0.2, 0.25) is 0 Å². The molecule has 80 valence electrons. The normalized spacial score (nSPS) is 10.9. The predicted molar refractivity (Wildman–Crippen MR) is 66.9 cm³/mol. The van der Waals surface area contributed by atoms with E-state index in [2.05, 4.69) is 24.1 Å². The fourth-order valence-electron chi connectivity index (χ4n) is 1.41. The van der Waals surface area contributed by atoms with E-state index < -0.39 is 0 Å². The van der Waals surface area contributed by atoms with Crippen LogP contribution in [0, 0.1) is 0 Å². The number of carbonyl (C=O) groups is 1. The predicted octanol–water partition coefficient (Wildman–Crippen LogP) is 2.23. The summed E-state index contributed by atoms with van der Waals surface area (Å²) in [6.07, 6.45) is 0. The number of amides is 1. The summed E-state index contributed by atoms with van der Waals surface area (Å²) in [6, 6.07) is 5.40. The highest BCUT2D eigenvalue weighted by Crippen LogP contribution is 2.27. The van der Waals surface area contributed by atoms with Crippen LogP contribution in [0.3, 0.4) is 0 Å². The van der Waals surface area contributed by atoms with Gasteiger partial charge in [0, 0.05) is 11.5 Å². The molecule has 0 bridgehead atoms. The summed E-state index contributed by atoms with van der Waals surface area (Å²) in [7, 11) is 5.09. The molecule has 0 aliphatic rings. The zero-order valence-electron chi connectivity index (χ0n) is 9.15. The van der Waals surface area contributed by atoms with Crippen LogP contribution in [0.4, 0.5) is 0 Å². The molecule has 0 aliphatic heterocycles. The molecule has 0 saturated heterocycles. The Morgan fingerprint density at radius 2 is 2.25 bits per heavy atom. The molecule has 1 aromatic heterocycles. The smallest absolute Gasteiger partial charge is 0.238 e. The van der Waals surface area contributed by atoms with Crippen LogP contribution in [-0.2, 0) is 0 Å². The van der Waals surface area contributed by atoms with Crippen LogP contribution in [0.1, 0.15) is 35.1 Å². The molecule has 3 nitrogen and oxygen atoms in total. The Labute approximate surface area is 99.3 Å². The van der Waals surface area contributed by atoms with Gasteiger partial charge in [-0.15, -0.1) is 11.3 Å². The number of thiazole rings is 1. The van der Waals surface area contributed by atoms with Crippen molar-refractivity contribution in [2.75, 3.05) is 0 Å². The van der Waals surface area contributed by atoms with Gasteiger partial charge in [0.05, 0.1) is 15.2 Å². The van der Waals surface area contributed by atoms with Gasteiger partial charge >= 0.3 is 0 Å². The van der Waals surface area contributed by atoms with Gasteiger partial charge in [-0.25, -0.2) is 4.98 Å². The quantitative estimate of drug-likeness (QED) is 0.804. The first-order chi connectivity index (χ1) is 7.61. The molecule has 0 fully saturated rings. The molecule has 5 heteroatoms. The lowest BCUT2D eigenvalue weighted by molar-refractivity contribution is 0.0981. The first-order valence-electron chi connectivity index (χ1n) is 5.03. The Bertz CT molecular complexity index is 536. The first-order valence-corrected chi connectivity index (χ1v) is 5.85. The number of rotatable bonds is 2. The highest BCUT2D eigenvalue weighted by Gasteiger charge is 2.09. The average molecular weight is 230 g/mol. The maximum absolute atomic E-state index is 11.3. The Hall–Kier alpha value is -1.36. The van der Waals surface area contributed by atoms with Gasteiger partial charge in [-0.05, 0) is 18.2 Å². The van der Waals surface area contributed by atoms with E-state index in [-0.39, 0.29) is 5.91 Å². The largest absolute Gasteiger partial charge is 0.405 e. The fourth-order valence-corrected chi connectivity index (χ4v) is 2.42. The van der Waals surface area contributed by atoms with Crippen molar-refractivity contribution in [3.05, 3.63) is 28.8 Å². The van der Waals surface area contributed by atoms with E-state index >= 15 is 0 Å². The van der Waals surface area contributed by atoms with Gasteiger partial charge in [0.15, 0.2) is 0 Å². The Morgan fingerprint density at radius 1 is 1.50 bits per heavy atom.